The van der Waals surface area contributed by atoms with Crippen LogP contribution in [-0.4, -0.2) is 95.3 Å². The quantitative estimate of drug-likeness (QED) is 0.0180. The van der Waals surface area contributed by atoms with Gasteiger partial charge >= 0.3 is 7.32 Å². The van der Waals surface area contributed by atoms with Crippen molar-refractivity contribution >= 4 is 39.1 Å². The van der Waals surface area contributed by atoms with Crippen molar-refractivity contribution in [1.82, 2.24) is 0 Å². The van der Waals surface area contributed by atoms with Crippen LogP contribution in [0.3, 0.4) is 0 Å². The van der Waals surface area contributed by atoms with E-state index in [1.807, 2.05) is 91.0 Å². The van der Waals surface area contributed by atoms with Crippen LogP contribution in [-0.2, 0) is 18.3 Å². The van der Waals surface area contributed by atoms with Crippen LogP contribution in [0.1, 0.15) is 40.7 Å². The molecule has 0 unspecified atom stereocenters. The summed E-state index contributed by atoms with van der Waals surface area (Å²) in [6.45, 7) is -1.47. The van der Waals surface area contributed by atoms with Crippen LogP contribution in [0.4, 0.5) is 0 Å². The maximum atomic E-state index is 10.7. The molecule has 0 aliphatic heterocycles. The van der Waals surface area contributed by atoms with Crippen molar-refractivity contribution in [3.05, 3.63) is 191 Å². The Morgan fingerprint density at radius 2 is 0.773 bits per heavy atom. The number of nitrogens with zero attached hydrogens (tertiary/aromatic N) is 4. The molecule has 5 rings (SSSR count). The highest BCUT2D eigenvalue weighted by Gasteiger charge is 2.42. The zero-order valence-corrected chi connectivity index (χ0v) is 38.5. The monoisotopic (exact) mass is 922 g/mol. The lowest BCUT2D eigenvalue weighted by Crippen LogP contribution is -2.37. The Balaban J connectivity index is 1.64. The van der Waals surface area contributed by atoms with E-state index in [2.05, 4.69) is 36.4 Å². The van der Waals surface area contributed by atoms with Crippen LogP contribution >= 0.6 is 20.6 Å². The highest BCUT2D eigenvalue weighted by Crippen LogP contribution is 2.57. The van der Waals surface area contributed by atoms with Gasteiger partial charge in [-0.15, -0.1) is 20.6 Å². The van der Waals surface area contributed by atoms with E-state index in [-0.39, 0.29) is 78.7 Å². The Kier molecular flexibility index (Phi) is 20.3. The fraction of sp³-hybridized carbons (Fsp3) is 0.269. The normalized spacial score (nSPS) is 11.8. The summed E-state index contributed by atoms with van der Waals surface area (Å²) < 4.78 is 20.8. The first-order valence-electron chi connectivity index (χ1n) is 21.6. The second-order valence-electron chi connectivity index (χ2n) is 15.3. The van der Waals surface area contributed by atoms with E-state index < -0.39 is 33.4 Å². The number of aliphatic hydroxyl groups is 4. The lowest BCUT2D eigenvalue weighted by Gasteiger charge is -2.45. The molecule has 5 aromatic rings. The molecule has 0 radical (unpaired) electrons. The molecule has 5 aromatic carbocycles. The molecule has 0 saturated heterocycles. The van der Waals surface area contributed by atoms with Crippen LogP contribution in [0.2, 0.25) is 0 Å². The minimum Gasteiger partial charge on any atom is -0.395 e. The van der Waals surface area contributed by atoms with Gasteiger partial charge in [0.05, 0.1) is 26.4 Å². The number of nitriles is 4. The smallest absolute Gasteiger partial charge is 0.395 e. The zero-order valence-electron chi connectivity index (χ0n) is 36.8. The van der Waals surface area contributed by atoms with Gasteiger partial charge < -0.3 is 33.3 Å². The summed E-state index contributed by atoms with van der Waals surface area (Å²) in [6.07, 6.45) is 1.02. The van der Waals surface area contributed by atoms with E-state index in [1.165, 1.54) is 0 Å². The molecule has 0 aliphatic carbocycles. The largest absolute Gasteiger partial charge is 0.660 e. The first-order valence-corrected chi connectivity index (χ1v) is 25.7. The standard InChI is InChI=1S/C52H55BN4O7S2/c54-37-45(38-55)50(43-17-6-1-7-18-43)41-65(33-28-58,34-29-59)63-53(64-66(35-30-60,36-31-61)42-51(46(39-56)40-57)44-19-8-2-9-20-44)62-32-16-27-52(47-21-10-3-11-22-47,48-23-12-4-13-24-48)49-25-14-5-15-26-49/h1-15,17-26,58-61H,16,27-36,41-42H2. The molecule has 0 aromatic heterocycles. The Bertz CT molecular complexity index is 2260. The number of rotatable bonds is 26. The van der Waals surface area contributed by atoms with E-state index in [4.69, 9.17) is 12.9 Å². The van der Waals surface area contributed by atoms with Crippen molar-refractivity contribution in [2.45, 2.75) is 18.3 Å². The van der Waals surface area contributed by atoms with Gasteiger partial charge in [-0.1, -0.05) is 152 Å². The molecule has 4 N–H and O–H groups in total. The Labute approximate surface area is 392 Å². The van der Waals surface area contributed by atoms with Crippen LogP contribution in [0.25, 0.3) is 11.1 Å². The van der Waals surface area contributed by atoms with Gasteiger partial charge in [0, 0.05) is 46.5 Å². The van der Waals surface area contributed by atoms with Gasteiger partial charge in [-0.25, -0.2) is 0 Å². The average Bonchev–Trinajstić information content (AvgIpc) is 3.36. The number of benzene rings is 5. The van der Waals surface area contributed by atoms with Gasteiger partial charge in [-0.05, 0) is 51.8 Å². The lowest BCUT2D eigenvalue weighted by atomic mass is 9.67. The summed E-state index contributed by atoms with van der Waals surface area (Å²) >= 11 is 0. The number of allylic oxidation sites excluding steroid dienone is 2. The van der Waals surface area contributed by atoms with Crippen LogP contribution < -0.4 is 0 Å². The predicted molar refractivity (Wildman–Crippen MR) is 264 cm³/mol. The summed E-state index contributed by atoms with van der Waals surface area (Å²) in [7, 11) is -7.06. The van der Waals surface area contributed by atoms with Crippen molar-refractivity contribution in [2.75, 3.05) is 67.6 Å². The second-order valence-corrected chi connectivity index (χ2v) is 21.7. The van der Waals surface area contributed by atoms with Gasteiger partial charge in [0.2, 0.25) is 0 Å². The van der Waals surface area contributed by atoms with Crippen LogP contribution in [0.15, 0.2) is 163 Å². The molecule has 0 saturated carbocycles. The van der Waals surface area contributed by atoms with Gasteiger partial charge in [0.15, 0.2) is 0 Å². The van der Waals surface area contributed by atoms with Crippen molar-refractivity contribution in [1.29, 1.82) is 21.0 Å². The van der Waals surface area contributed by atoms with E-state index in [1.54, 1.807) is 48.5 Å². The van der Waals surface area contributed by atoms with E-state index >= 15 is 0 Å². The molecule has 11 nitrogen and oxygen atoms in total. The van der Waals surface area contributed by atoms with Crippen molar-refractivity contribution < 1.29 is 33.3 Å². The minimum absolute atomic E-state index is 0.000891. The highest BCUT2D eigenvalue weighted by molar-refractivity contribution is 8.31. The fourth-order valence-corrected chi connectivity index (χ4v) is 13.6. The minimum atomic E-state index is -2.75. The maximum Gasteiger partial charge on any atom is 0.660 e. The molecule has 0 heterocycles. The topological polar surface area (TPSA) is 204 Å². The van der Waals surface area contributed by atoms with Gasteiger partial charge in [-0.2, -0.15) is 21.0 Å². The van der Waals surface area contributed by atoms with E-state index in [0.717, 1.165) is 16.7 Å². The summed E-state index contributed by atoms with van der Waals surface area (Å²) in [5.41, 5.74) is 4.19. The second kappa shape index (κ2) is 26.2. The fourth-order valence-electron chi connectivity index (χ4n) is 8.17. The van der Waals surface area contributed by atoms with Crippen molar-refractivity contribution in [3.63, 3.8) is 0 Å². The number of hydrogen-bond donors (Lipinski definition) is 4. The lowest BCUT2D eigenvalue weighted by molar-refractivity contribution is 0.204. The summed E-state index contributed by atoms with van der Waals surface area (Å²) in [5.74, 6) is -0.0769. The third-order valence-electron chi connectivity index (χ3n) is 11.3. The molecular weight excluding hydrogens is 868 g/mol. The van der Waals surface area contributed by atoms with E-state index in [9.17, 15) is 41.5 Å². The molecule has 340 valence electrons. The predicted octanol–water partition coefficient (Wildman–Crippen LogP) is 8.25. The molecule has 0 aliphatic rings. The average molecular weight is 923 g/mol. The number of hydrogen-bond acceptors (Lipinski definition) is 11. The molecule has 0 atom stereocenters. The molecule has 66 heavy (non-hydrogen) atoms. The Morgan fingerprint density at radius 3 is 1.06 bits per heavy atom. The van der Waals surface area contributed by atoms with Crippen molar-refractivity contribution in [3.8, 4) is 24.3 Å². The van der Waals surface area contributed by atoms with E-state index in [0.29, 0.717) is 35.1 Å². The molecular formula is C52H55BN4O7S2. The third kappa shape index (κ3) is 13.1. The van der Waals surface area contributed by atoms with Gasteiger partial charge in [0.25, 0.3) is 0 Å². The summed E-state index contributed by atoms with van der Waals surface area (Å²) in [4.78, 5) is 0. The number of aliphatic hydroxyl groups excluding tert-OH is 4. The third-order valence-corrected chi connectivity index (χ3v) is 17.7. The molecule has 0 amide bonds. The maximum absolute atomic E-state index is 10.7. The van der Waals surface area contributed by atoms with Crippen molar-refractivity contribution in [2.24, 2.45) is 0 Å². The van der Waals surface area contributed by atoms with Gasteiger partial charge in [-0.3, -0.25) is 0 Å². The zero-order chi connectivity index (χ0) is 47.1. The van der Waals surface area contributed by atoms with Crippen LogP contribution in [0.5, 0.6) is 0 Å². The Morgan fingerprint density at radius 1 is 0.470 bits per heavy atom. The van der Waals surface area contributed by atoms with Crippen LogP contribution in [0, 0.1) is 45.3 Å². The van der Waals surface area contributed by atoms with Gasteiger partial charge in [0.1, 0.15) is 35.4 Å². The molecule has 0 bridgehead atoms. The first kappa shape index (κ1) is 51.0. The summed E-state index contributed by atoms with van der Waals surface area (Å²) in [6, 6.07) is 56.6. The Hall–Kier alpha value is -5.98. The molecule has 14 heteroatoms. The SMILES string of the molecule is N#CC(C#N)=C(CS(CCO)(CCO)OB(OCCCC(c1ccccc1)(c1ccccc1)c1ccccc1)OS(CCO)(CCO)CC(=C(C#N)C#N)c1ccccc1)c1ccccc1. The first-order chi connectivity index (χ1) is 32.3. The highest BCUT2D eigenvalue weighted by atomic mass is 32.3. The summed E-state index contributed by atoms with van der Waals surface area (Å²) in [5, 5.41) is 83.4. The molecule has 0 spiro atoms. The molecule has 0 fully saturated rings.